The Kier molecular flexibility index (Phi) is 16.8. The summed E-state index contributed by atoms with van der Waals surface area (Å²) < 4.78 is 0. The summed E-state index contributed by atoms with van der Waals surface area (Å²) >= 11 is 0. The van der Waals surface area contributed by atoms with Crippen LogP contribution in [-0.2, 0) is 0 Å². The average Bonchev–Trinajstić information content (AvgIpc) is 3.01. The van der Waals surface area contributed by atoms with Crippen LogP contribution in [0.5, 0.6) is 0 Å². The standard InChI is InChI=1S/2C18H17N3/c2*1-21(2)18-12-10-16(11-13-18)8-6-4-3-5-7-9-17(14-19)15-20/h2*3-13H,1-2H3/b2*4-3+,7-5+,8-6+. The molecule has 0 unspecified atom stereocenters. The molecule has 2 aromatic rings. The molecule has 0 radical (unpaired) electrons. The van der Waals surface area contributed by atoms with Gasteiger partial charge in [-0.15, -0.1) is 0 Å². The molecule has 2 aromatic carbocycles. The van der Waals surface area contributed by atoms with Crippen LogP contribution in [0.2, 0.25) is 0 Å². The second-order valence-corrected chi connectivity index (χ2v) is 8.84. The van der Waals surface area contributed by atoms with Gasteiger partial charge in [-0.05, 0) is 47.5 Å². The first-order valence-electron chi connectivity index (χ1n) is 12.9. The Balaban J connectivity index is 0.000000420. The molecule has 0 aromatic heterocycles. The highest BCUT2D eigenvalue weighted by Crippen LogP contribution is 2.14. The molecule has 0 spiro atoms. The summed E-state index contributed by atoms with van der Waals surface area (Å²) in [6.07, 6.45) is 25.2. The molecule has 0 bridgehead atoms. The Morgan fingerprint density at radius 1 is 0.452 bits per heavy atom. The maximum absolute atomic E-state index is 8.54. The largest absolute Gasteiger partial charge is 0.378 e. The van der Waals surface area contributed by atoms with Crippen LogP contribution in [0.15, 0.2) is 133 Å². The van der Waals surface area contributed by atoms with E-state index in [0.29, 0.717) is 0 Å². The predicted molar refractivity (Wildman–Crippen MR) is 175 cm³/mol. The number of benzene rings is 2. The summed E-state index contributed by atoms with van der Waals surface area (Å²) in [5.41, 5.74) is 4.79. The Labute approximate surface area is 250 Å². The highest BCUT2D eigenvalue weighted by Gasteiger charge is 1.93. The molecule has 2 rings (SSSR count). The summed E-state index contributed by atoms with van der Waals surface area (Å²) in [6, 6.07) is 23.7. The first-order valence-corrected chi connectivity index (χ1v) is 12.9. The monoisotopic (exact) mass is 550 g/mol. The van der Waals surface area contributed by atoms with Crippen molar-refractivity contribution in [2.75, 3.05) is 38.0 Å². The zero-order chi connectivity index (χ0) is 31.0. The molecular formula is C36H34N6. The zero-order valence-corrected chi connectivity index (χ0v) is 24.4. The fraction of sp³-hybridized carbons (Fsp3) is 0.111. The van der Waals surface area contributed by atoms with Gasteiger partial charge in [-0.3, -0.25) is 0 Å². The molecule has 0 aliphatic rings. The van der Waals surface area contributed by atoms with Gasteiger partial charge in [0.2, 0.25) is 0 Å². The zero-order valence-electron chi connectivity index (χ0n) is 24.4. The molecule has 6 nitrogen and oxygen atoms in total. The van der Waals surface area contributed by atoms with Crippen LogP contribution >= 0.6 is 0 Å². The van der Waals surface area contributed by atoms with Gasteiger partial charge >= 0.3 is 0 Å². The van der Waals surface area contributed by atoms with Crippen molar-refractivity contribution in [2.45, 2.75) is 0 Å². The van der Waals surface area contributed by atoms with E-state index in [1.807, 2.05) is 76.8 Å². The lowest BCUT2D eigenvalue weighted by molar-refractivity contribution is 1.13. The smallest absolute Gasteiger partial charge is 0.129 e. The van der Waals surface area contributed by atoms with E-state index in [1.54, 1.807) is 48.6 Å². The van der Waals surface area contributed by atoms with Crippen LogP contribution in [0.4, 0.5) is 11.4 Å². The number of hydrogen-bond donors (Lipinski definition) is 0. The fourth-order valence-corrected chi connectivity index (χ4v) is 2.99. The third-order valence-corrected chi connectivity index (χ3v) is 5.29. The summed E-state index contributed by atoms with van der Waals surface area (Å²) in [4.78, 5) is 4.12. The predicted octanol–water partition coefficient (Wildman–Crippen LogP) is 7.70. The van der Waals surface area contributed by atoms with Crippen molar-refractivity contribution >= 4 is 23.5 Å². The van der Waals surface area contributed by atoms with E-state index in [2.05, 4.69) is 58.3 Å². The lowest BCUT2D eigenvalue weighted by Crippen LogP contribution is -2.07. The summed E-state index contributed by atoms with van der Waals surface area (Å²) in [5, 5.41) is 34.2. The van der Waals surface area contributed by atoms with Crippen molar-refractivity contribution < 1.29 is 0 Å². The van der Waals surface area contributed by atoms with Crippen LogP contribution in [0.25, 0.3) is 12.2 Å². The maximum atomic E-state index is 8.54. The van der Waals surface area contributed by atoms with Crippen LogP contribution in [-0.4, -0.2) is 28.2 Å². The quantitative estimate of drug-likeness (QED) is 0.222. The summed E-state index contributed by atoms with van der Waals surface area (Å²) in [5.74, 6) is 0. The maximum Gasteiger partial charge on any atom is 0.129 e. The van der Waals surface area contributed by atoms with Gasteiger partial charge in [0, 0.05) is 39.6 Å². The van der Waals surface area contributed by atoms with E-state index in [0.717, 1.165) is 11.1 Å². The van der Waals surface area contributed by atoms with E-state index in [4.69, 9.17) is 21.0 Å². The Morgan fingerprint density at radius 3 is 1.02 bits per heavy atom. The summed E-state index contributed by atoms with van der Waals surface area (Å²) in [6.45, 7) is 0. The normalized spacial score (nSPS) is 10.7. The van der Waals surface area contributed by atoms with Crippen molar-refractivity contribution in [3.8, 4) is 24.3 Å². The third kappa shape index (κ3) is 14.8. The summed E-state index contributed by atoms with van der Waals surface area (Å²) in [7, 11) is 8.05. The molecule has 0 saturated heterocycles. The highest BCUT2D eigenvalue weighted by atomic mass is 15.1. The molecule has 6 heteroatoms. The van der Waals surface area contributed by atoms with E-state index in [-0.39, 0.29) is 11.1 Å². The van der Waals surface area contributed by atoms with Crippen molar-refractivity contribution in [2.24, 2.45) is 0 Å². The first kappa shape index (κ1) is 33.9. The van der Waals surface area contributed by atoms with Gasteiger partial charge in [-0.1, -0.05) is 97.2 Å². The Hall–Kier alpha value is -6.08. The van der Waals surface area contributed by atoms with E-state index in [1.165, 1.54) is 23.5 Å². The molecular weight excluding hydrogens is 516 g/mol. The van der Waals surface area contributed by atoms with Gasteiger partial charge in [0.25, 0.3) is 0 Å². The molecule has 42 heavy (non-hydrogen) atoms. The third-order valence-electron chi connectivity index (χ3n) is 5.29. The van der Waals surface area contributed by atoms with Crippen LogP contribution < -0.4 is 9.80 Å². The average molecular weight is 551 g/mol. The van der Waals surface area contributed by atoms with Crippen LogP contribution in [0, 0.1) is 45.3 Å². The minimum atomic E-state index is 0.0937. The molecule has 0 saturated carbocycles. The Bertz CT molecular complexity index is 1380. The second kappa shape index (κ2) is 20.8. The van der Waals surface area contributed by atoms with Gasteiger partial charge in [0.1, 0.15) is 35.4 Å². The number of hydrogen-bond acceptors (Lipinski definition) is 6. The highest BCUT2D eigenvalue weighted by molar-refractivity contribution is 5.57. The number of anilines is 2. The van der Waals surface area contributed by atoms with Crippen molar-refractivity contribution in [1.29, 1.82) is 21.0 Å². The SMILES string of the molecule is CN(C)c1ccc(/C=C/C=C/C=C/C=C(C#N)C#N)cc1.CN(C)c1ccc(/C=C/C=C/C=C/C=C(C#N)C#N)cc1. The molecule has 0 aliphatic heterocycles. The van der Waals surface area contributed by atoms with Crippen molar-refractivity contribution in [3.05, 3.63) is 144 Å². The molecule has 0 atom stereocenters. The Morgan fingerprint density at radius 2 is 0.738 bits per heavy atom. The minimum absolute atomic E-state index is 0.0937. The second-order valence-electron chi connectivity index (χ2n) is 8.84. The van der Waals surface area contributed by atoms with Crippen LogP contribution in [0.1, 0.15) is 11.1 Å². The van der Waals surface area contributed by atoms with Crippen molar-refractivity contribution in [3.63, 3.8) is 0 Å². The van der Waals surface area contributed by atoms with Crippen molar-refractivity contribution in [1.82, 2.24) is 0 Å². The van der Waals surface area contributed by atoms with E-state index < -0.39 is 0 Å². The molecule has 0 amide bonds. The van der Waals surface area contributed by atoms with E-state index in [9.17, 15) is 0 Å². The number of nitrogens with zero attached hydrogens (tertiary/aromatic N) is 6. The molecule has 0 aliphatic carbocycles. The van der Waals surface area contributed by atoms with Gasteiger partial charge in [-0.25, -0.2) is 0 Å². The number of allylic oxidation sites excluding steroid dienone is 14. The molecule has 0 heterocycles. The minimum Gasteiger partial charge on any atom is -0.378 e. The van der Waals surface area contributed by atoms with Gasteiger partial charge < -0.3 is 9.80 Å². The van der Waals surface area contributed by atoms with Crippen LogP contribution in [0.3, 0.4) is 0 Å². The fourth-order valence-electron chi connectivity index (χ4n) is 2.99. The first-order chi connectivity index (χ1) is 20.3. The lowest BCUT2D eigenvalue weighted by atomic mass is 10.2. The van der Waals surface area contributed by atoms with Gasteiger partial charge in [-0.2, -0.15) is 21.0 Å². The van der Waals surface area contributed by atoms with Gasteiger partial charge in [0.15, 0.2) is 0 Å². The molecule has 0 fully saturated rings. The lowest BCUT2D eigenvalue weighted by Gasteiger charge is -2.11. The molecule has 0 N–H and O–H groups in total. The topological polar surface area (TPSA) is 102 Å². The van der Waals surface area contributed by atoms with E-state index >= 15 is 0 Å². The number of nitriles is 4. The van der Waals surface area contributed by atoms with Gasteiger partial charge in [0.05, 0.1) is 0 Å². The molecule has 208 valence electrons. The number of rotatable bonds is 10.